The third-order valence-electron chi connectivity index (χ3n) is 8.92. The highest BCUT2D eigenvalue weighted by Gasteiger charge is 2.33. The summed E-state index contributed by atoms with van der Waals surface area (Å²) in [7, 11) is 1.53. The van der Waals surface area contributed by atoms with Crippen molar-refractivity contribution in [1.82, 2.24) is 0 Å². The number of esters is 3. The van der Waals surface area contributed by atoms with E-state index in [0.29, 0.717) is 34.5 Å². The third-order valence-corrected chi connectivity index (χ3v) is 8.92. The summed E-state index contributed by atoms with van der Waals surface area (Å²) in [5.74, 6) is 0.885. The number of aliphatic hydroxyl groups excluding tert-OH is 1. The molecule has 2 saturated carbocycles. The van der Waals surface area contributed by atoms with E-state index in [1.807, 2.05) is 24.3 Å². The van der Waals surface area contributed by atoms with Crippen molar-refractivity contribution in [2.75, 3.05) is 20.3 Å². The first kappa shape index (κ1) is 33.9. The van der Waals surface area contributed by atoms with Crippen molar-refractivity contribution in [1.29, 1.82) is 0 Å². The minimum Gasteiger partial charge on any atom is -0.459 e. The quantitative estimate of drug-likeness (QED) is 0.156. The lowest BCUT2D eigenvalue weighted by Gasteiger charge is -2.38. The van der Waals surface area contributed by atoms with Gasteiger partial charge in [0.25, 0.3) is 0 Å². The van der Waals surface area contributed by atoms with E-state index in [2.05, 4.69) is 25.8 Å². The van der Waals surface area contributed by atoms with E-state index in [0.717, 1.165) is 68.1 Å². The maximum absolute atomic E-state index is 12.5. The standard InChI is InChI=1S/C37H44O8/c1-23(2)35(39)45-34-19-14-30(28-12-17-31(18-13-28)43-36(40)24(3)21-38)20-33(34)29-8-6-26(7-9-29)27-10-15-32(16-11-27)44-37(41)25(4)22-42-5/h12-14,17-20,26-27,29,32,38H,1,3-4,6-11,15-16,21-22H2,2,5H3. The van der Waals surface area contributed by atoms with Crippen molar-refractivity contribution in [2.45, 2.75) is 70.3 Å². The SMILES string of the molecule is C=C(C)C(=O)Oc1ccc(-c2ccc(OC(=O)C(=C)CO)cc2)cc1C1CCC(C2CCC(OC(=O)C(=C)COC)CC2)CC1. The van der Waals surface area contributed by atoms with E-state index in [1.54, 1.807) is 19.1 Å². The summed E-state index contributed by atoms with van der Waals surface area (Å²) < 4.78 is 21.7. The predicted octanol–water partition coefficient (Wildman–Crippen LogP) is 6.87. The van der Waals surface area contributed by atoms with Gasteiger partial charge in [0.05, 0.1) is 24.4 Å². The number of methoxy groups -OCH3 is 1. The summed E-state index contributed by atoms with van der Waals surface area (Å²) in [5, 5.41) is 9.11. The molecule has 0 atom stereocenters. The molecule has 0 aliphatic heterocycles. The number of hydrogen-bond acceptors (Lipinski definition) is 8. The van der Waals surface area contributed by atoms with Crippen molar-refractivity contribution in [2.24, 2.45) is 11.8 Å². The van der Waals surface area contributed by atoms with E-state index in [-0.39, 0.29) is 30.2 Å². The van der Waals surface area contributed by atoms with Gasteiger partial charge in [-0.1, -0.05) is 37.9 Å². The van der Waals surface area contributed by atoms with Gasteiger partial charge in [0.15, 0.2) is 0 Å². The lowest BCUT2D eigenvalue weighted by atomic mass is 9.69. The fourth-order valence-corrected chi connectivity index (χ4v) is 6.33. The Hall–Kier alpha value is -4.01. The van der Waals surface area contributed by atoms with E-state index < -0.39 is 18.5 Å². The number of benzene rings is 2. The van der Waals surface area contributed by atoms with Crippen LogP contribution in [0.1, 0.15) is 69.8 Å². The van der Waals surface area contributed by atoms with Crippen LogP contribution in [0.25, 0.3) is 11.1 Å². The third kappa shape index (κ3) is 9.02. The molecule has 2 aromatic rings. The zero-order valence-electron chi connectivity index (χ0n) is 26.3. The predicted molar refractivity (Wildman–Crippen MR) is 172 cm³/mol. The Balaban J connectivity index is 1.42. The molecular formula is C37H44O8. The second kappa shape index (κ2) is 15.8. The molecule has 45 heavy (non-hydrogen) atoms. The van der Waals surface area contributed by atoms with Crippen molar-refractivity contribution in [3.8, 4) is 22.6 Å². The van der Waals surface area contributed by atoms with E-state index in [9.17, 15) is 14.4 Å². The van der Waals surface area contributed by atoms with Gasteiger partial charge in [-0.3, -0.25) is 0 Å². The summed E-state index contributed by atoms with van der Waals surface area (Å²) in [6.07, 6.45) is 7.90. The maximum Gasteiger partial charge on any atom is 0.341 e. The van der Waals surface area contributed by atoms with Gasteiger partial charge in [0, 0.05) is 12.7 Å². The number of hydrogen-bond donors (Lipinski definition) is 1. The van der Waals surface area contributed by atoms with E-state index >= 15 is 0 Å². The molecule has 0 unspecified atom stereocenters. The second-order valence-corrected chi connectivity index (χ2v) is 12.2. The van der Waals surface area contributed by atoms with E-state index in [1.165, 1.54) is 7.11 Å². The molecule has 240 valence electrons. The molecule has 0 amide bonds. The maximum atomic E-state index is 12.5. The van der Waals surface area contributed by atoms with Crippen molar-refractivity contribution >= 4 is 17.9 Å². The van der Waals surface area contributed by atoms with Crippen molar-refractivity contribution in [3.05, 3.63) is 84.5 Å². The molecule has 2 fully saturated rings. The van der Waals surface area contributed by atoms with Crippen LogP contribution < -0.4 is 9.47 Å². The van der Waals surface area contributed by atoms with Crippen LogP contribution in [0.4, 0.5) is 0 Å². The second-order valence-electron chi connectivity index (χ2n) is 12.2. The van der Waals surface area contributed by atoms with Gasteiger partial charge in [-0.15, -0.1) is 0 Å². The van der Waals surface area contributed by atoms with Gasteiger partial charge >= 0.3 is 17.9 Å². The minimum absolute atomic E-state index is 0.0168. The molecule has 0 spiro atoms. The first-order valence-electron chi connectivity index (χ1n) is 15.6. The van der Waals surface area contributed by atoms with Crippen LogP contribution in [-0.4, -0.2) is 49.4 Å². The zero-order chi connectivity index (χ0) is 32.5. The molecule has 0 radical (unpaired) electrons. The van der Waals surface area contributed by atoms with Gasteiger partial charge in [-0.25, -0.2) is 14.4 Å². The first-order chi connectivity index (χ1) is 21.6. The number of rotatable bonds is 12. The van der Waals surface area contributed by atoms with Crippen molar-refractivity contribution in [3.63, 3.8) is 0 Å². The van der Waals surface area contributed by atoms with Gasteiger partial charge in [0.2, 0.25) is 0 Å². The summed E-state index contributed by atoms with van der Waals surface area (Å²) >= 11 is 0. The highest BCUT2D eigenvalue weighted by molar-refractivity contribution is 5.90. The number of aliphatic hydroxyl groups is 1. The van der Waals surface area contributed by atoms with Crippen LogP contribution in [-0.2, 0) is 23.9 Å². The minimum atomic E-state index is -0.674. The monoisotopic (exact) mass is 616 g/mol. The number of carbonyl (C=O) groups excluding carboxylic acids is 3. The lowest BCUT2D eigenvalue weighted by Crippen LogP contribution is -2.30. The molecule has 0 aromatic heterocycles. The van der Waals surface area contributed by atoms with Gasteiger partial charge < -0.3 is 24.1 Å². The van der Waals surface area contributed by atoms with Crippen LogP contribution in [0.5, 0.6) is 11.5 Å². The molecule has 0 bridgehead atoms. The Labute approximate surface area is 265 Å². The smallest absolute Gasteiger partial charge is 0.341 e. The normalized spacial score (nSPS) is 21.3. The molecule has 2 aliphatic carbocycles. The molecule has 2 aliphatic rings. The molecule has 8 nitrogen and oxygen atoms in total. The van der Waals surface area contributed by atoms with Gasteiger partial charge in [-0.05, 0) is 117 Å². The molecule has 0 saturated heterocycles. The van der Waals surface area contributed by atoms with Crippen LogP contribution in [0.2, 0.25) is 0 Å². The number of carbonyl (C=O) groups is 3. The Bertz CT molecular complexity index is 1410. The molecule has 4 rings (SSSR count). The molecule has 0 heterocycles. The Kier molecular flexibility index (Phi) is 11.9. The summed E-state index contributed by atoms with van der Waals surface area (Å²) in [4.78, 5) is 36.7. The Morgan fingerprint density at radius 1 is 0.756 bits per heavy atom. The van der Waals surface area contributed by atoms with Gasteiger partial charge in [0.1, 0.15) is 17.6 Å². The topological polar surface area (TPSA) is 108 Å². The molecule has 8 heteroatoms. The fraction of sp³-hybridized carbons (Fsp3) is 0.432. The largest absolute Gasteiger partial charge is 0.459 e. The average Bonchev–Trinajstić information content (AvgIpc) is 3.05. The lowest BCUT2D eigenvalue weighted by molar-refractivity contribution is -0.147. The van der Waals surface area contributed by atoms with Crippen LogP contribution in [0, 0.1) is 11.8 Å². The summed E-state index contributed by atoms with van der Waals surface area (Å²) in [6, 6.07) is 13.0. The fourth-order valence-electron chi connectivity index (χ4n) is 6.33. The highest BCUT2D eigenvalue weighted by atomic mass is 16.5. The highest BCUT2D eigenvalue weighted by Crippen LogP contribution is 2.46. The van der Waals surface area contributed by atoms with Crippen molar-refractivity contribution < 1.29 is 38.4 Å². The first-order valence-corrected chi connectivity index (χ1v) is 15.6. The van der Waals surface area contributed by atoms with Crippen LogP contribution >= 0.6 is 0 Å². The zero-order valence-corrected chi connectivity index (χ0v) is 26.3. The molecule has 1 N–H and O–H groups in total. The van der Waals surface area contributed by atoms with E-state index in [4.69, 9.17) is 24.1 Å². The Morgan fingerprint density at radius 3 is 1.93 bits per heavy atom. The van der Waals surface area contributed by atoms with Crippen LogP contribution in [0.3, 0.4) is 0 Å². The van der Waals surface area contributed by atoms with Crippen LogP contribution in [0.15, 0.2) is 78.9 Å². The average molecular weight is 617 g/mol. The summed E-state index contributed by atoms with van der Waals surface area (Å²) in [5.41, 5.74) is 3.55. The molecular weight excluding hydrogens is 572 g/mol. The Morgan fingerprint density at radius 2 is 1.36 bits per heavy atom. The number of ether oxygens (including phenoxy) is 4. The van der Waals surface area contributed by atoms with Gasteiger partial charge in [-0.2, -0.15) is 0 Å². The molecule has 2 aromatic carbocycles. The summed E-state index contributed by atoms with van der Waals surface area (Å²) in [6.45, 7) is 12.3.